The average Bonchev–Trinajstić information content (AvgIpc) is 3.23. The number of aromatic nitrogens is 2. The number of anilines is 1. The molecule has 0 spiro atoms. The van der Waals surface area contributed by atoms with Crippen molar-refractivity contribution in [1.82, 2.24) is 15.3 Å². The quantitative estimate of drug-likeness (QED) is 0.825. The van der Waals surface area contributed by atoms with Gasteiger partial charge >= 0.3 is 0 Å². The third kappa shape index (κ3) is 2.56. The molecule has 0 radical (unpaired) electrons. The van der Waals surface area contributed by atoms with E-state index < -0.39 is 0 Å². The van der Waals surface area contributed by atoms with E-state index in [0.717, 1.165) is 19.6 Å². The van der Waals surface area contributed by atoms with Gasteiger partial charge in [0.2, 0.25) is 0 Å². The van der Waals surface area contributed by atoms with Crippen LogP contribution in [-0.2, 0) is 0 Å². The molecule has 0 aromatic carbocycles. The zero-order valence-corrected chi connectivity index (χ0v) is 10.6. The van der Waals surface area contributed by atoms with Crippen molar-refractivity contribution < 1.29 is 0 Å². The number of nitrogens with zero attached hydrogens (tertiary/aromatic N) is 2. The van der Waals surface area contributed by atoms with E-state index in [9.17, 15) is 4.79 Å². The summed E-state index contributed by atoms with van der Waals surface area (Å²) in [6.07, 6.45) is 8.07. The molecule has 5 nitrogen and oxygen atoms in total. The number of nitrogens with one attached hydrogen (secondary N) is 2. The lowest BCUT2D eigenvalue weighted by Crippen LogP contribution is -2.40. The predicted octanol–water partition coefficient (Wildman–Crippen LogP) is 0.738. The minimum Gasteiger partial charge on any atom is -0.349 e. The summed E-state index contributed by atoms with van der Waals surface area (Å²) >= 11 is 0. The SMILES string of the molecule is O=c1[nH]ccnc1N(CC1CCNCC1)C1CC1. The zero-order valence-electron chi connectivity index (χ0n) is 10.6. The highest BCUT2D eigenvalue weighted by Crippen LogP contribution is 2.30. The van der Waals surface area contributed by atoms with Gasteiger partial charge in [0, 0.05) is 25.0 Å². The highest BCUT2D eigenvalue weighted by atomic mass is 16.1. The van der Waals surface area contributed by atoms with Gasteiger partial charge in [-0.25, -0.2) is 4.98 Å². The van der Waals surface area contributed by atoms with Crippen molar-refractivity contribution in [2.75, 3.05) is 24.5 Å². The molecule has 18 heavy (non-hydrogen) atoms. The second-order valence-corrected chi connectivity index (χ2v) is 5.32. The Kier molecular flexibility index (Phi) is 3.32. The van der Waals surface area contributed by atoms with Crippen LogP contribution >= 0.6 is 0 Å². The molecule has 0 unspecified atom stereocenters. The van der Waals surface area contributed by atoms with Crippen LogP contribution in [0, 0.1) is 5.92 Å². The minimum absolute atomic E-state index is 0.0571. The summed E-state index contributed by atoms with van der Waals surface area (Å²) in [7, 11) is 0. The van der Waals surface area contributed by atoms with E-state index in [2.05, 4.69) is 20.2 Å². The van der Waals surface area contributed by atoms with Crippen LogP contribution in [0.2, 0.25) is 0 Å². The van der Waals surface area contributed by atoms with Gasteiger partial charge in [0.1, 0.15) is 0 Å². The Bertz CT molecular complexity index is 448. The van der Waals surface area contributed by atoms with Crippen LogP contribution in [0.4, 0.5) is 5.82 Å². The third-order valence-electron chi connectivity index (χ3n) is 3.86. The third-order valence-corrected chi connectivity index (χ3v) is 3.86. The Hall–Kier alpha value is -1.36. The standard InChI is InChI=1S/C13H20N4O/c18-13-12(15-7-8-16-13)17(11-1-2-11)9-10-3-5-14-6-4-10/h7-8,10-11,14H,1-6,9H2,(H,16,18). The summed E-state index contributed by atoms with van der Waals surface area (Å²) in [6.45, 7) is 3.18. The van der Waals surface area contributed by atoms with Crippen LogP contribution in [0.5, 0.6) is 0 Å². The predicted molar refractivity (Wildman–Crippen MR) is 70.8 cm³/mol. The fraction of sp³-hybridized carbons (Fsp3) is 0.692. The van der Waals surface area contributed by atoms with E-state index in [1.54, 1.807) is 12.4 Å². The van der Waals surface area contributed by atoms with Gasteiger partial charge in [-0.15, -0.1) is 0 Å². The lowest BCUT2D eigenvalue weighted by molar-refractivity contribution is 0.371. The van der Waals surface area contributed by atoms with E-state index in [-0.39, 0.29) is 5.56 Å². The molecular formula is C13H20N4O. The van der Waals surface area contributed by atoms with Crippen molar-refractivity contribution in [3.05, 3.63) is 22.7 Å². The van der Waals surface area contributed by atoms with Crippen LogP contribution in [-0.4, -0.2) is 35.6 Å². The molecule has 1 aromatic rings. The highest BCUT2D eigenvalue weighted by molar-refractivity contribution is 5.38. The normalized spacial score (nSPS) is 20.9. The largest absolute Gasteiger partial charge is 0.349 e. The van der Waals surface area contributed by atoms with Gasteiger partial charge in [-0.2, -0.15) is 0 Å². The topological polar surface area (TPSA) is 61.0 Å². The monoisotopic (exact) mass is 248 g/mol. The van der Waals surface area contributed by atoms with Crippen molar-refractivity contribution in [2.24, 2.45) is 5.92 Å². The fourth-order valence-electron chi connectivity index (χ4n) is 2.69. The Labute approximate surface area is 107 Å². The molecule has 2 heterocycles. The lowest BCUT2D eigenvalue weighted by Gasteiger charge is -2.30. The summed E-state index contributed by atoms with van der Waals surface area (Å²) in [4.78, 5) is 21.1. The number of H-pyrrole nitrogens is 1. The molecule has 1 aliphatic carbocycles. The molecule has 2 fully saturated rings. The zero-order chi connectivity index (χ0) is 12.4. The van der Waals surface area contributed by atoms with Gasteiger partial charge in [-0.3, -0.25) is 4.79 Å². The van der Waals surface area contributed by atoms with E-state index in [0.29, 0.717) is 17.8 Å². The summed E-state index contributed by atoms with van der Waals surface area (Å²) in [6, 6.07) is 0.538. The summed E-state index contributed by atoms with van der Waals surface area (Å²) in [5.41, 5.74) is -0.0571. The Morgan fingerprint density at radius 1 is 1.28 bits per heavy atom. The van der Waals surface area contributed by atoms with Gasteiger partial charge in [0.15, 0.2) is 5.82 Å². The first-order valence-electron chi connectivity index (χ1n) is 6.85. The van der Waals surface area contributed by atoms with Crippen molar-refractivity contribution >= 4 is 5.82 Å². The van der Waals surface area contributed by atoms with Gasteiger partial charge in [-0.05, 0) is 44.7 Å². The van der Waals surface area contributed by atoms with E-state index >= 15 is 0 Å². The molecule has 3 rings (SSSR count). The second kappa shape index (κ2) is 5.10. The van der Waals surface area contributed by atoms with E-state index in [4.69, 9.17) is 0 Å². The van der Waals surface area contributed by atoms with Crippen LogP contribution in [0.1, 0.15) is 25.7 Å². The van der Waals surface area contributed by atoms with Crippen LogP contribution < -0.4 is 15.8 Å². The van der Waals surface area contributed by atoms with Gasteiger partial charge in [0.05, 0.1) is 0 Å². The minimum atomic E-state index is -0.0571. The van der Waals surface area contributed by atoms with Crippen LogP contribution in [0.3, 0.4) is 0 Å². The van der Waals surface area contributed by atoms with Gasteiger partial charge in [-0.1, -0.05) is 0 Å². The first-order chi connectivity index (χ1) is 8.84. The smallest absolute Gasteiger partial charge is 0.290 e. The molecule has 1 aromatic heterocycles. The van der Waals surface area contributed by atoms with Crippen molar-refractivity contribution in [1.29, 1.82) is 0 Å². The molecule has 1 saturated carbocycles. The van der Waals surface area contributed by atoms with E-state index in [1.807, 2.05) is 0 Å². The fourth-order valence-corrected chi connectivity index (χ4v) is 2.69. The molecule has 5 heteroatoms. The number of hydrogen-bond donors (Lipinski definition) is 2. The molecular weight excluding hydrogens is 228 g/mol. The Morgan fingerprint density at radius 2 is 2.06 bits per heavy atom. The Morgan fingerprint density at radius 3 is 2.72 bits per heavy atom. The molecule has 2 N–H and O–H groups in total. The molecule has 98 valence electrons. The summed E-state index contributed by atoms with van der Waals surface area (Å²) < 4.78 is 0. The summed E-state index contributed by atoms with van der Waals surface area (Å²) in [5.74, 6) is 1.30. The maximum atomic E-state index is 11.9. The van der Waals surface area contributed by atoms with Crippen molar-refractivity contribution in [3.8, 4) is 0 Å². The van der Waals surface area contributed by atoms with Crippen LogP contribution in [0.25, 0.3) is 0 Å². The number of rotatable bonds is 4. The van der Waals surface area contributed by atoms with Gasteiger partial charge < -0.3 is 15.2 Å². The molecule has 0 bridgehead atoms. The molecule has 1 aliphatic heterocycles. The van der Waals surface area contributed by atoms with E-state index in [1.165, 1.54) is 25.7 Å². The van der Waals surface area contributed by atoms with Crippen LogP contribution in [0.15, 0.2) is 17.2 Å². The number of hydrogen-bond acceptors (Lipinski definition) is 4. The maximum Gasteiger partial charge on any atom is 0.290 e. The molecule has 2 aliphatic rings. The first kappa shape index (κ1) is 11.7. The first-order valence-corrected chi connectivity index (χ1v) is 6.85. The van der Waals surface area contributed by atoms with Crippen molar-refractivity contribution in [3.63, 3.8) is 0 Å². The number of piperidine rings is 1. The number of aromatic amines is 1. The molecule has 0 amide bonds. The van der Waals surface area contributed by atoms with Gasteiger partial charge in [0.25, 0.3) is 5.56 Å². The second-order valence-electron chi connectivity index (χ2n) is 5.32. The maximum absolute atomic E-state index is 11.9. The average molecular weight is 248 g/mol. The summed E-state index contributed by atoms with van der Waals surface area (Å²) in [5, 5.41) is 3.38. The Balaban J connectivity index is 1.76. The molecule has 0 atom stereocenters. The lowest BCUT2D eigenvalue weighted by atomic mass is 9.97. The van der Waals surface area contributed by atoms with Crippen molar-refractivity contribution in [2.45, 2.75) is 31.7 Å². The highest BCUT2D eigenvalue weighted by Gasteiger charge is 2.33. The molecule has 1 saturated heterocycles.